The summed E-state index contributed by atoms with van der Waals surface area (Å²) in [5.41, 5.74) is 3.72. The Morgan fingerprint density at radius 1 is 1.29 bits per heavy atom. The maximum Gasteiger partial charge on any atom is 0.133 e. The lowest BCUT2D eigenvalue weighted by Gasteiger charge is -2.31. The molecule has 3 rings (SSSR count). The van der Waals surface area contributed by atoms with Crippen molar-refractivity contribution >= 4 is 11.8 Å². The van der Waals surface area contributed by atoms with E-state index in [0.717, 1.165) is 22.0 Å². The van der Waals surface area contributed by atoms with Crippen LogP contribution < -0.4 is 16.0 Å². The summed E-state index contributed by atoms with van der Waals surface area (Å²) in [7, 11) is 0. The predicted molar refractivity (Wildman–Crippen MR) is 82.8 cm³/mol. The number of hydrazine groups is 1. The number of fused-ring (bicyclic) bond motifs is 1. The SMILES string of the molecule is NNC(Cc1cccc(F)c1)C1CSc2ccccc2O1. The number of ether oxygens (including phenoxy) is 1. The highest BCUT2D eigenvalue weighted by Crippen LogP contribution is 2.35. The Hall–Kier alpha value is -1.56. The minimum Gasteiger partial charge on any atom is -0.487 e. The van der Waals surface area contributed by atoms with Gasteiger partial charge < -0.3 is 4.74 Å². The normalized spacial score (nSPS) is 18.7. The Morgan fingerprint density at radius 2 is 2.14 bits per heavy atom. The van der Waals surface area contributed by atoms with E-state index in [-0.39, 0.29) is 18.0 Å². The van der Waals surface area contributed by atoms with Crippen LogP contribution in [0.15, 0.2) is 53.4 Å². The lowest BCUT2D eigenvalue weighted by molar-refractivity contribution is 0.165. The lowest BCUT2D eigenvalue weighted by atomic mass is 10.0. The summed E-state index contributed by atoms with van der Waals surface area (Å²) >= 11 is 1.76. The third-order valence-corrected chi connectivity index (χ3v) is 4.68. The molecule has 21 heavy (non-hydrogen) atoms. The molecule has 0 aliphatic carbocycles. The largest absolute Gasteiger partial charge is 0.487 e. The number of rotatable bonds is 4. The molecule has 2 aromatic carbocycles. The van der Waals surface area contributed by atoms with Crippen LogP contribution >= 0.6 is 11.8 Å². The highest BCUT2D eigenvalue weighted by Gasteiger charge is 2.27. The van der Waals surface area contributed by atoms with Gasteiger partial charge in [0.05, 0.1) is 6.04 Å². The third kappa shape index (κ3) is 3.37. The zero-order valence-electron chi connectivity index (χ0n) is 11.5. The van der Waals surface area contributed by atoms with Crippen molar-refractivity contribution in [2.24, 2.45) is 5.84 Å². The summed E-state index contributed by atoms with van der Waals surface area (Å²) in [5.74, 6) is 7.16. The number of halogens is 1. The summed E-state index contributed by atoms with van der Waals surface area (Å²) < 4.78 is 19.3. The van der Waals surface area contributed by atoms with Crippen LogP contribution in [0.1, 0.15) is 5.56 Å². The highest BCUT2D eigenvalue weighted by molar-refractivity contribution is 7.99. The van der Waals surface area contributed by atoms with Gasteiger partial charge in [-0.2, -0.15) is 0 Å². The third-order valence-electron chi connectivity index (χ3n) is 3.54. The van der Waals surface area contributed by atoms with Gasteiger partial charge in [0.15, 0.2) is 0 Å². The smallest absolute Gasteiger partial charge is 0.133 e. The molecule has 0 fully saturated rings. The molecular weight excluding hydrogens is 287 g/mol. The monoisotopic (exact) mass is 304 g/mol. The van der Waals surface area contributed by atoms with Crippen molar-refractivity contribution in [1.29, 1.82) is 0 Å². The van der Waals surface area contributed by atoms with E-state index >= 15 is 0 Å². The van der Waals surface area contributed by atoms with E-state index in [4.69, 9.17) is 10.6 Å². The summed E-state index contributed by atoms with van der Waals surface area (Å²) in [6.07, 6.45) is 0.583. The van der Waals surface area contributed by atoms with Gasteiger partial charge in [-0.05, 0) is 36.2 Å². The van der Waals surface area contributed by atoms with Crippen LogP contribution in [0.25, 0.3) is 0 Å². The zero-order valence-corrected chi connectivity index (χ0v) is 12.3. The van der Waals surface area contributed by atoms with E-state index in [0.29, 0.717) is 6.42 Å². The summed E-state index contributed by atoms with van der Waals surface area (Å²) in [6.45, 7) is 0. The van der Waals surface area contributed by atoms with Gasteiger partial charge in [-0.1, -0.05) is 24.3 Å². The Morgan fingerprint density at radius 3 is 2.95 bits per heavy atom. The van der Waals surface area contributed by atoms with E-state index < -0.39 is 0 Å². The van der Waals surface area contributed by atoms with Crippen molar-refractivity contribution in [1.82, 2.24) is 5.43 Å². The van der Waals surface area contributed by atoms with Crippen molar-refractivity contribution in [2.75, 3.05) is 5.75 Å². The molecule has 0 bridgehead atoms. The van der Waals surface area contributed by atoms with Gasteiger partial charge in [0.1, 0.15) is 17.7 Å². The summed E-state index contributed by atoms with van der Waals surface area (Å²) in [4.78, 5) is 1.15. The molecule has 3 N–H and O–H groups in total. The predicted octanol–water partition coefficient (Wildman–Crippen LogP) is 2.75. The van der Waals surface area contributed by atoms with Crippen LogP contribution in [0.3, 0.4) is 0 Å². The molecule has 0 saturated carbocycles. The molecule has 2 atom stereocenters. The van der Waals surface area contributed by atoms with Gasteiger partial charge in [-0.25, -0.2) is 4.39 Å². The lowest BCUT2D eigenvalue weighted by Crippen LogP contribution is -2.50. The molecule has 5 heteroatoms. The fourth-order valence-electron chi connectivity index (χ4n) is 2.45. The Kier molecular flexibility index (Phi) is 4.43. The minimum absolute atomic E-state index is 0.0434. The molecular formula is C16H17FN2OS. The molecule has 2 unspecified atom stereocenters. The average molecular weight is 304 g/mol. The maximum absolute atomic E-state index is 13.3. The molecule has 0 amide bonds. The van der Waals surface area contributed by atoms with Gasteiger partial charge in [-0.15, -0.1) is 11.8 Å². The standard InChI is InChI=1S/C16H17FN2OS/c17-12-5-3-4-11(8-12)9-13(19-18)15-10-21-16-7-2-1-6-14(16)20-15/h1-8,13,15,19H,9-10,18H2. The van der Waals surface area contributed by atoms with Crippen LogP contribution in [0, 0.1) is 5.82 Å². The van der Waals surface area contributed by atoms with Crippen LogP contribution in [-0.2, 0) is 6.42 Å². The van der Waals surface area contributed by atoms with Crippen molar-refractivity contribution in [3.8, 4) is 5.75 Å². The first kappa shape index (κ1) is 14.4. The molecule has 0 radical (unpaired) electrons. The first-order valence-corrected chi connectivity index (χ1v) is 7.84. The second-order valence-electron chi connectivity index (χ2n) is 5.02. The quantitative estimate of drug-likeness (QED) is 0.673. The molecule has 1 aliphatic rings. The first-order valence-electron chi connectivity index (χ1n) is 6.85. The fourth-order valence-corrected chi connectivity index (χ4v) is 3.53. The maximum atomic E-state index is 13.3. The molecule has 1 heterocycles. The van der Waals surface area contributed by atoms with E-state index in [1.165, 1.54) is 12.1 Å². The second kappa shape index (κ2) is 6.47. The van der Waals surface area contributed by atoms with E-state index in [1.54, 1.807) is 17.8 Å². The average Bonchev–Trinajstić information content (AvgIpc) is 2.52. The summed E-state index contributed by atoms with van der Waals surface area (Å²) in [5, 5.41) is 0. The van der Waals surface area contributed by atoms with Gasteiger partial charge >= 0.3 is 0 Å². The zero-order chi connectivity index (χ0) is 14.7. The second-order valence-corrected chi connectivity index (χ2v) is 6.08. The first-order chi connectivity index (χ1) is 10.3. The van der Waals surface area contributed by atoms with Crippen molar-refractivity contribution in [3.05, 3.63) is 59.9 Å². The fraction of sp³-hybridized carbons (Fsp3) is 0.250. The molecule has 1 aliphatic heterocycles. The topological polar surface area (TPSA) is 47.3 Å². The van der Waals surface area contributed by atoms with E-state index in [2.05, 4.69) is 5.43 Å². The van der Waals surface area contributed by atoms with Gasteiger partial charge in [0, 0.05) is 10.6 Å². The van der Waals surface area contributed by atoms with E-state index in [1.807, 2.05) is 30.3 Å². The molecule has 0 spiro atoms. The molecule has 2 aromatic rings. The van der Waals surface area contributed by atoms with Crippen molar-refractivity contribution in [2.45, 2.75) is 23.5 Å². The molecule has 0 aromatic heterocycles. The molecule has 110 valence electrons. The van der Waals surface area contributed by atoms with Crippen LogP contribution in [0.5, 0.6) is 5.75 Å². The minimum atomic E-state index is -0.229. The molecule has 3 nitrogen and oxygen atoms in total. The Bertz CT molecular complexity index is 623. The number of para-hydroxylation sites is 1. The number of hydrogen-bond acceptors (Lipinski definition) is 4. The number of nitrogens with two attached hydrogens (primary N) is 1. The van der Waals surface area contributed by atoms with Crippen LogP contribution in [-0.4, -0.2) is 17.9 Å². The summed E-state index contributed by atoms with van der Waals surface area (Å²) in [6, 6.07) is 14.5. The number of thioether (sulfide) groups is 1. The Labute approximate surface area is 127 Å². The van der Waals surface area contributed by atoms with E-state index in [9.17, 15) is 4.39 Å². The van der Waals surface area contributed by atoms with Gasteiger partial charge in [-0.3, -0.25) is 11.3 Å². The Balaban J connectivity index is 1.73. The van der Waals surface area contributed by atoms with Crippen LogP contribution in [0.2, 0.25) is 0 Å². The number of nitrogens with one attached hydrogen (secondary N) is 1. The molecule has 0 saturated heterocycles. The van der Waals surface area contributed by atoms with Crippen molar-refractivity contribution < 1.29 is 9.13 Å². The number of hydrogen-bond donors (Lipinski definition) is 2. The van der Waals surface area contributed by atoms with Crippen LogP contribution in [0.4, 0.5) is 4.39 Å². The highest BCUT2D eigenvalue weighted by atomic mass is 32.2. The number of benzene rings is 2. The van der Waals surface area contributed by atoms with Crippen molar-refractivity contribution in [3.63, 3.8) is 0 Å². The van der Waals surface area contributed by atoms with Gasteiger partial charge in [0.25, 0.3) is 0 Å². The van der Waals surface area contributed by atoms with Gasteiger partial charge in [0.2, 0.25) is 0 Å².